The molecule has 0 saturated carbocycles. The van der Waals surface area contributed by atoms with Crippen LogP contribution in [0.25, 0.3) is 99.8 Å². The molecule has 13 heterocycles. The summed E-state index contributed by atoms with van der Waals surface area (Å²) in [6.07, 6.45) is 17.5. The largest absolute Gasteiger partial charge is 0.397 e. The Morgan fingerprint density at radius 2 is 1.51 bits per heavy atom. The molecular formula is C48H35F3N16S2. The summed E-state index contributed by atoms with van der Waals surface area (Å²) in [7, 11) is 0. The summed E-state index contributed by atoms with van der Waals surface area (Å²) in [5.74, 6) is -0.963. The van der Waals surface area contributed by atoms with Crippen LogP contribution in [0.4, 0.5) is 30.4 Å². The lowest BCUT2D eigenvalue weighted by Gasteiger charge is -2.29. The maximum atomic E-state index is 14.3. The Morgan fingerprint density at radius 1 is 0.768 bits per heavy atom. The smallest absolute Gasteiger partial charge is 0.261 e. The molecule has 0 amide bonds. The molecule has 2 aliphatic rings. The molecule has 0 aromatic carbocycles. The highest BCUT2D eigenvalue weighted by Gasteiger charge is 2.38. The molecule has 0 aliphatic carbocycles. The van der Waals surface area contributed by atoms with Crippen LogP contribution in [0.3, 0.4) is 0 Å². The first-order valence-electron chi connectivity index (χ1n) is 21.8. The van der Waals surface area contributed by atoms with Crippen LogP contribution < -0.4 is 10.6 Å². The van der Waals surface area contributed by atoms with E-state index in [-0.39, 0.29) is 18.1 Å². The van der Waals surface area contributed by atoms with Gasteiger partial charge in [0.25, 0.3) is 5.92 Å². The van der Waals surface area contributed by atoms with Gasteiger partial charge in [0.2, 0.25) is 0 Å². The van der Waals surface area contributed by atoms with E-state index in [9.17, 15) is 13.2 Å². The van der Waals surface area contributed by atoms with Gasteiger partial charge in [0, 0.05) is 100 Å². The van der Waals surface area contributed by atoms with Crippen molar-refractivity contribution in [2.24, 2.45) is 0 Å². The SMILES string of the molecule is Cc1cc(N2CC(c3cncc(CN4CCC(F)(F)C4)c3)=Cc3c(-c4nc5c(-c6ccc(F)s6)cncc5[nH]4)n[nH]c32)c(-c2cncc3[nH]c(-c4n[nH]c5ncc(-c6cncc(N)c6)cc45)nc23)s1. The lowest BCUT2D eigenvalue weighted by atomic mass is 9.98. The predicted molar refractivity (Wildman–Crippen MR) is 261 cm³/mol. The second-order valence-electron chi connectivity index (χ2n) is 17.2. The molecule has 11 aromatic rings. The van der Waals surface area contributed by atoms with Crippen molar-refractivity contribution < 1.29 is 13.2 Å². The molecule has 69 heavy (non-hydrogen) atoms. The summed E-state index contributed by atoms with van der Waals surface area (Å²) < 4.78 is 42.7. The van der Waals surface area contributed by atoms with E-state index in [1.54, 1.807) is 71.9 Å². The number of halogens is 3. The summed E-state index contributed by atoms with van der Waals surface area (Å²) in [5.41, 5.74) is 18.4. The average molecular weight is 957 g/mol. The fourth-order valence-corrected chi connectivity index (χ4v) is 11.1. The quantitative estimate of drug-likeness (QED) is 0.0915. The van der Waals surface area contributed by atoms with Gasteiger partial charge >= 0.3 is 0 Å². The third-order valence-corrected chi connectivity index (χ3v) is 14.5. The summed E-state index contributed by atoms with van der Waals surface area (Å²) in [6, 6.07) is 11.2. The van der Waals surface area contributed by atoms with E-state index in [2.05, 4.69) is 69.2 Å². The van der Waals surface area contributed by atoms with Gasteiger partial charge in [-0.1, -0.05) is 0 Å². The highest BCUT2D eigenvalue weighted by Crippen LogP contribution is 2.48. The maximum absolute atomic E-state index is 14.3. The van der Waals surface area contributed by atoms with Gasteiger partial charge < -0.3 is 20.6 Å². The number of imidazole rings is 2. The van der Waals surface area contributed by atoms with E-state index in [0.29, 0.717) is 86.5 Å². The molecule has 1 saturated heterocycles. The Balaban J connectivity index is 0.923. The van der Waals surface area contributed by atoms with Gasteiger partial charge in [-0.15, -0.1) is 22.7 Å². The fourth-order valence-electron chi connectivity index (χ4n) is 9.31. The van der Waals surface area contributed by atoms with Crippen LogP contribution in [-0.2, 0) is 6.54 Å². The number of aryl methyl sites for hydroxylation is 1. The minimum Gasteiger partial charge on any atom is -0.397 e. The summed E-state index contributed by atoms with van der Waals surface area (Å²) >= 11 is 2.65. The molecule has 0 atom stereocenters. The number of nitrogens with two attached hydrogens (primary N) is 1. The van der Waals surface area contributed by atoms with Crippen molar-refractivity contribution in [1.29, 1.82) is 0 Å². The number of nitrogens with one attached hydrogen (secondary N) is 4. The lowest BCUT2D eigenvalue weighted by molar-refractivity contribution is 0.0115. The van der Waals surface area contributed by atoms with E-state index in [1.165, 1.54) is 6.07 Å². The first-order valence-corrected chi connectivity index (χ1v) is 23.4. The molecule has 13 rings (SSSR count). The van der Waals surface area contributed by atoms with Gasteiger partial charge in [-0.3, -0.25) is 35.0 Å². The second kappa shape index (κ2) is 15.7. The second-order valence-corrected chi connectivity index (χ2v) is 19.5. The van der Waals surface area contributed by atoms with Gasteiger partial charge in [0.15, 0.2) is 22.4 Å². The molecular weight excluding hydrogens is 922 g/mol. The standard InChI is InChI=1S/C48H35F3N16S2/c1-23-6-36(43(68-23)33-17-56-19-35-40(33)61-45(59-35)41-30-9-27(14-57-44(30)64-62-41)26-8-29(52)15-54-13-26)67-21-28(25-7-24(11-53-12-25)20-66-5-4-48(50,51)22-66)10-31-42(63-65-47(31)67)46-58-34-18-55-16-32(39(34)60-46)37-2-3-38(49)69-37/h2-3,6-19H,4-5,20-22,52H2,1H3,(H,58,60)(H,59,61)(H,63,65)(H,57,62,64). The number of anilines is 3. The number of thiophene rings is 2. The highest BCUT2D eigenvalue weighted by molar-refractivity contribution is 7.16. The van der Waals surface area contributed by atoms with Gasteiger partial charge in [0.1, 0.15) is 28.2 Å². The summed E-state index contributed by atoms with van der Waals surface area (Å²) in [5, 5.41) is 16.4. The molecule has 0 radical (unpaired) electrons. The van der Waals surface area contributed by atoms with Crippen molar-refractivity contribution in [1.82, 2.24) is 70.2 Å². The van der Waals surface area contributed by atoms with Crippen LogP contribution in [0.15, 0.2) is 92.2 Å². The van der Waals surface area contributed by atoms with E-state index >= 15 is 0 Å². The fraction of sp³-hybridized carbons (Fsp3) is 0.146. The van der Waals surface area contributed by atoms with Crippen LogP contribution in [0.5, 0.6) is 0 Å². The van der Waals surface area contributed by atoms with Crippen molar-refractivity contribution in [3.63, 3.8) is 0 Å². The molecule has 11 aromatic heterocycles. The number of aromatic nitrogens is 13. The monoisotopic (exact) mass is 956 g/mol. The molecule has 0 bridgehead atoms. The minimum atomic E-state index is -2.71. The highest BCUT2D eigenvalue weighted by atomic mass is 32.1. The normalized spacial score (nSPS) is 15.0. The van der Waals surface area contributed by atoms with E-state index in [1.807, 2.05) is 24.4 Å². The Hall–Kier alpha value is -8.14. The first kappa shape index (κ1) is 41.1. The van der Waals surface area contributed by atoms with Gasteiger partial charge in [0.05, 0.1) is 58.2 Å². The number of hydrogen-bond donors (Lipinski definition) is 5. The zero-order valence-electron chi connectivity index (χ0n) is 36.2. The maximum Gasteiger partial charge on any atom is 0.261 e. The van der Waals surface area contributed by atoms with Crippen molar-refractivity contribution in [2.45, 2.75) is 25.8 Å². The predicted octanol–water partition coefficient (Wildman–Crippen LogP) is 10.0. The third kappa shape index (κ3) is 7.20. The molecule has 21 heteroatoms. The van der Waals surface area contributed by atoms with Gasteiger partial charge in [-0.25, -0.2) is 23.7 Å². The zero-order valence-corrected chi connectivity index (χ0v) is 37.9. The van der Waals surface area contributed by atoms with Crippen LogP contribution in [0.2, 0.25) is 0 Å². The van der Waals surface area contributed by atoms with Crippen molar-refractivity contribution in [2.75, 3.05) is 30.3 Å². The summed E-state index contributed by atoms with van der Waals surface area (Å²) in [6.45, 7) is 2.83. The molecule has 6 N–H and O–H groups in total. The number of aromatic amines is 4. The minimum absolute atomic E-state index is 0.164. The van der Waals surface area contributed by atoms with Crippen molar-refractivity contribution in [3.05, 3.63) is 119 Å². The number of nitrogens with zero attached hydrogens (tertiary/aromatic N) is 11. The first-order chi connectivity index (χ1) is 33.6. The number of rotatable bonds is 9. The number of nitrogen functional groups attached to an aromatic ring is 1. The number of hydrogen-bond acceptors (Lipinski definition) is 14. The lowest BCUT2D eigenvalue weighted by Crippen LogP contribution is -2.25. The average Bonchev–Trinajstić information content (AvgIpc) is 4.22. The topological polar surface area (TPSA) is 212 Å². The van der Waals surface area contributed by atoms with E-state index < -0.39 is 5.92 Å². The van der Waals surface area contributed by atoms with Crippen LogP contribution in [0.1, 0.15) is 28.0 Å². The molecule has 1 fully saturated rings. The number of alkyl halides is 2. The molecule has 16 nitrogen and oxygen atoms in total. The Bertz CT molecular complexity index is 3860. The molecule has 0 unspecified atom stereocenters. The number of pyridine rings is 5. The van der Waals surface area contributed by atoms with Crippen molar-refractivity contribution in [3.8, 4) is 55.0 Å². The van der Waals surface area contributed by atoms with Crippen LogP contribution in [-0.4, -0.2) is 95.7 Å². The number of H-pyrrole nitrogens is 4. The Kier molecular flexibility index (Phi) is 9.36. The van der Waals surface area contributed by atoms with E-state index in [0.717, 1.165) is 76.9 Å². The molecule has 2 aliphatic heterocycles. The van der Waals surface area contributed by atoms with Gasteiger partial charge in [-0.05, 0) is 66.1 Å². The zero-order chi connectivity index (χ0) is 46.5. The number of fused-ring (bicyclic) bond motifs is 4. The van der Waals surface area contributed by atoms with Crippen LogP contribution in [0, 0.1) is 12.1 Å². The van der Waals surface area contributed by atoms with Crippen molar-refractivity contribution >= 4 is 84.6 Å². The van der Waals surface area contributed by atoms with Crippen LogP contribution >= 0.6 is 22.7 Å². The van der Waals surface area contributed by atoms with E-state index in [4.69, 9.17) is 25.8 Å². The third-order valence-electron chi connectivity index (χ3n) is 12.5. The Labute approximate surface area is 396 Å². The number of likely N-dealkylation sites (tertiary alicyclic amines) is 1. The molecule has 340 valence electrons. The summed E-state index contributed by atoms with van der Waals surface area (Å²) in [4.78, 5) is 46.4. The molecule has 0 spiro atoms. The van der Waals surface area contributed by atoms with Gasteiger partial charge in [-0.2, -0.15) is 14.6 Å². The Morgan fingerprint density at radius 3 is 2.29 bits per heavy atom.